The smallest absolute Gasteiger partial charge is 0.254 e. The molecular weight excluding hydrogens is 299 g/mol. The number of halogens is 2. The quantitative estimate of drug-likeness (QED) is 0.805. The van der Waals surface area contributed by atoms with Crippen LogP contribution in [0.2, 0.25) is 5.02 Å². The summed E-state index contributed by atoms with van der Waals surface area (Å²) in [6.45, 7) is 0.583. The van der Waals surface area contributed by atoms with Gasteiger partial charge in [-0.05, 0) is 24.1 Å². The fourth-order valence-corrected chi connectivity index (χ4v) is 2.63. The zero-order valence-electron chi connectivity index (χ0n) is 11.4. The van der Waals surface area contributed by atoms with E-state index in [1.54, 1.807) is 37.2 Å². The molecule has 0 saturated carbocycles. The highest BCUT2D eigenvalue weighted by atomic mass is 35.5. The van der Waals surface area contributed by atoms with Crippen molar-refractivity contribution in [1.29, 1.82) is 0 Å². The van der Waals surface area contributed by atoms with Crippen LogP contribution in [0.3, 0.4) is 0 Å². The average molecular weight is 315 g/mol. The van der Waals surface area contributed by atoms with Crippen LogP contribution in [0.15, 0.2) is 18.2 Å². The number of carbonyl (C=O) groups excluding carboxylic acids is 2. The predicted octanol–water partition coefficient (Wildman–Crippen LogP) is 2.63. The maximum absolute atomic E-state index is 12.1. The third kappa shape index (κ3) is 2.91. The molecule has 1 heterocycles. The minimum Gasteiger partial charge on any atom is -0.345 e. The van der Waals surface area contributed by atoms with E-state index in [4.69, 9.17) is 23.2 Å². The second kappa shape index (κ2) is 6.02. The van der Waals surface area contributed by atoms with E-state index >= 15 is 0 Å². The van der Waals surface area contributed by atoms with E-state index in [-0.39, 0.29) is 17.7 Å². The molecule has 0 N–H and O–H groups in total. The fraction of sp³-hybridized carbons (Fsp3) is 0.429. The van der Waals surface area contributed by atoms with Gasteiger partial charge in [0.1, 0.15) is 0 Å². The van der Waals surface area contributed by atoms with Crippen molar-refractivity contribution in [2.75, 3.05) is 31.4 Å². The monoisotopic (exact) mass is 314 g/mol. The second-order valence-corrected chi connectivity index (χ2v) is 5.81. The molecule has 1 aliphatic rings. The summed E-state index contributed by atoms with van der Waals surface area (Å²) in [7, 11) is 3.33. The molecule has 1 aliphatic heterocycles. The highest BCUT2D eigenvalue weighted by Gasteiger charge is 2.30. The van der Waals surface area contributed by atoms with E-state index in [9.17, 15) is 9.59 Å². The fourth-order valence-electron chi connectivity index (χ4n) is 2.22. The molecule has 1 fully saturated rings. The van der Waals surface area contributed by atoms with Crippen molar-refractivity contribution in [3.8, 4) is 0 Å². The van der Waals surface area contributed by atoms with Gasteiger partial charge in [0.25, 0.3) is 5.91 Å². The number of benzene rings is 1. The van der Waals surface area contributed by atoms with Crippen LogP contribution in [0.4, 0.5) is 5.69 Å². The molecule has 1 aromatic rings. The van der Waals surface area contributed by atoms with E-state index in [0.717, 1.165) is 0 Å². The van der Waals surface area contributed by atoms with E-state index in [2.05, 4.69) is 0 Å². The Hall–Kier alpha value is -1.26. The van der Waals surface area contributed by atoms with E-state index < -0.39 is 0 Å². The van der Waals surface area contributed by atoms with Gasteiger partial charge in [0.2, 0.25) is 5.91 Å². The van der Waals surface area contributed by atoms with Gasteiger partial charge in [-0.15, -0.1) is 11.6 Å². The molecule has 20 heavy (non-hydrogen) atoms. The standard InChI is InChI=1S/C14H16Cl2N2O2/c1-17(2)14(20)11-6-10(3-4-12(11)16)18-8-9(7-15)5-13(18)19/h3-4,6,9H,5,7-8H2,1-2H3. The largest absolute Gasteiger partial charge is 0.345 e. The van der Waals surface area contributed by atoms with E-state index in [0.29, 0.717) is 35.1 Å². The van der Waals surface area contributed by atoms with Crippen LogP contribution in [0.1, 0.15) is 16.8 Å². The van der Waals surface area contributed by atoms with Crippen molar-refractivity contribution in [2.45, 2.75) is 6.42 Å². The first-order chi connectivity index (χ1) is 9.43. The molecule has 0 aromatic heterocycles. The molecule has 0 aliphatic carbocycles. The molecular formula is C14H16Cl2N2O2. The van der Waals surface area contributed by atoms with Crippen LogP contribution >= 0.6 is 23.2 Å². The van der Waals surface area contributed by atoms with Crippen LogP contribution in [0.25, 0.3) is 0 Å². The van der Waals surface area contributed by atoms with Gasteiger partial charge in [0.15, 0.2) is 0 Å². The highest BCUT2D eigenvalue weighted by Crippen LogP contribution is 2.29. The third-order valence-electron chi connectivity index (χ3n) is 3.32. The van der Waals surface area contributed by atoms with Gasteiger partial charge in [-0.1, -0.05) is 11.6 Å². The average Bonchev–Trinajstić information content (AvgIpc) is 2.80. The van der Waals surface area contributed by atoms with Gasteiger partial charge < -0.3 is 9.80 Å². The SMILES string of the molecule is CN(C)C(=O)c1cc(N2CC(CCl)CC2=O)ccc1Cl. The van der Waals surface area contributed by atoms with Crippen LogP contribution in [0, 0.1) is 5.92 Å². The third-order valence-corrected chi connectivity index (χ3v) is 4.09. The number of amides is 2. The first-order valence-electron chi connectivity index (χ1n) is 6.31. The number of hydrogen-bond donors (Lipinski definition) is 0. The lowest BCUT2D eigenvalue weighted by Gasteiger charge is -2.19. The number of hydrogen-bond acceptors (Lipinski definition) is 2. The van der Waals surface area contributed by atoms with Crippen molar-refractivity contribution in [3.05, 3.63) is 28.8 Å². The molecule has 1 atom stereocenters. The molecule has 1 saturated heterocycles. The minimum absolute atomic E-state index is 0.0289. The summed E-state index contributed by atoms with van der Waals surface area (Å²) in [6.07, 6.45) is 0.448. The van der Waals surface area contributed by atoms with E-state index in [1.165, 1.54) is 4.90 Å². The van der Waals surface area contributed by atoms with Crippen LogP contribution in [-0.4, -0.2) is 43.2 Å². The Morgan fingerprint density at radius 2 is 2.15 bits per heavy atom. The molecule has 6 heteroatoms. The van der Waals surface area contributed by atoms with Gasteiger partial charge in [-0.2, -0.15) is 0 Å². The van der Waals surface area contributed by atoms with Gasteiger partial charge in [-0.3, -0.25) is 9.59 Å². The molecule has 0 spiro atoms. The summed E-state index contributed by atoms with van der Waals surface area (Å²) in [5, 5.41) is 0.382. The minimum atomic E-state index is -0.183. The normalized spacial score (nSPS) is 18.5. The van der Waals surface area contributed by atoms with Crippen molar-refractivity contribution >= 4 is 40.7 Å². The zero-order valence-corrected chi connectivity index (χ0v) is 12.9. The van der Waals surface area contributed by atoms with Gasteiger partial charge in [0, 0.05) is 38.6 Å². The molecule has 0 radical (unpaired) electrons. The molecule has 108 valence electrons. The first kappa shape index (κ1) is 15.1. The van der Waals surface area contributed by atoms with Crippen LogP contribution in [-0.2, 0) is 4.79 Å². The number of anilines is 1. The summed E-state index contributed by atoms with van der Waals surface area (Å²) >= 11 is 11.9. The topological polar surface area (TPSA) is 40.6 Å². The van der Waals surface area contributed by atoms with Crippen molar-refractivity contribution in [1.82, 2.24) is 4.90 Å². The molecule has 2 amide bonds. The van der Waals surface area contributed by atoms with Crippen molar-refractivity contribution in [3.63, 3.8) is 0 Å². The highest BCUT2D eigenvalue weighted by molar-refractivity contribution is 6.34. The van der Waals surface area contributed by atoms with Crippen molar-refractivity contribution < 1.29 is 9.59 Å². The lowest BCUT2D eigenvalue weighted by molar-refractivity contribution is -0.117. The lowest BCUT2D eigenvalue weighted by Crippen LogP contribution is -2.26. The number of rotatable bonds is 3. The van der Waals surface area contributed by atoms with Gasteiger partial charge in [-0.25, -0.2) is 0 Å². The maximum atomic E-state index is 12.1. The number of alkyl halides is 1. The Kier molecular flexibility index (Phi) is 4.55. The summed E-state index contributed by atoms with van der Waals surface area (Å²) in [5.74, 6) is 0.464. The molecule has 2 rings (SSSR count). The Bertz CT molecular complexity index is 546. The molecule has 4 nitrogen and oxygen atoms in total. The molecule has 1 aromatic carbocycles. The maximum Gasteiger partial charge on any atom is 0.254 e. The Morgan fingerprint density at radius 3 is 2.70 bits per heavy atom. The van der Waals surface area contributed by atoms with Crippen LogP contribution < -0.4 is 4.90 Å². The molecule has 0 bridgehead atoms. The Labute approximate surface area is 128 Å². The second-order valence-electron chi connectivity index (χ2n) is 5.09. The number of nitrogens with zero attached hydrogens (tertiary/aromatic N) is 2. The lowest BCUT2D eigenvalue weighted by atomic mass is 10.1. The summed E-state index contributed by atoms with van der Waals surface area (Å²) in [4.78, 5) is 27.2. The summed E-state index contributed by atoms with van der Waals surface area (Å²) < 4.78 is 0. The Morgan fingerprint density at radius 1 is 1.45 bits per heavy atom. The first-order valence-corrected chi connectivity index (χ1v) is 7.22. The summed E-state index contributed by atoms with van der Waals surface area (Å²) in [6, 6.07) is 5.07. The molecule has 1 unspecified atom stereocenters. The van der Waals surface area contributed by atoms with Crippen molar-refractivity contribution in [2.24, 2.45) is 5.92 Å². The Balaban J connectivity index is 2.32. The summed E-state index contributed by atoms with van der Waals surface area (Å²) in [5.41, 5.74) is 1.09. The number of carbonyl (C=O) groups is 2. The van der Waals surface area contributed by atoms with Crippen LogP contribution in [0.5, 0.6) is 0 Å². The van der Waals surface area contributed by atoms with E-state index in [1.807, 2.05) is 0 Å². The predicted molar refractivity (Wildman–Crippen MR) is 80.6 cm³/mol. The zero-order chi connectivity index (χ0) is 14.9. The van der Waals surface area contributed by atoms with Gasteiger partial charge >= 0.3 is 0 Å². The van der Waals surface area contributed by atoms with Gasteiger partial charge in [0.05, 0.1) is 10.6 Å².